The average molecular weight is 269 g/mol. The summed E-state index contributed by atoms with van der Waals surface area (Å²) in [6, 6.07) is 0. The number of hydrogen-bond donors (Lipinski definition) is 0. The monoisotopic (exact) mass is 269 g/mol. The van der Waals surface area contributed by atoms with Crippen molar-refractivity contribution >= 4 is 17.7 Å². The van der Waals surface area contributed by atoms with Crippen LogP contribution in [0, 0.1) is 11.3 Å². The number of hydrogen-bond acceptors (Lipinski definition) is 4. The van der Waals surface area contributed by atoms with Gasteiger partial charge in [-0.1, -0.05) is 13.3 Å². The van der Waals surface area contributed by atoms with E-state index in [1.54, 1.807) is 25.7 Å². The molecule has 108 valence electrons. The van der Waals surface area contributed by atoms with Gasteiger partial charge in [-0.3, -0.25) is 14.4 Å². The van der Waals surface area contributed by atoms with Crippen LogP contribution in [0.25, 0.3) is 0 Å². The summed E-state index contributed by atoms with van der Waals surface area (Å²) >= 11 is 0. The minimum atomic E-state index is -1.19. The first-order valence-corrected chi connectivity index (χ1v) is 6.81. The van der Waals surface area contributed by atoms with E-state index in [0.717, 1.165) is 6.42 Å². The molecule has 1 rings (SSSR count). The number of carbonyl (C=O) groups excluding carboxylic acids is 3. The number of ketones is 1. The van der Waals surface area contributed by atoms with E-state index < -0.39 is 11.4 Å². The summed E-state index contributed by atoms with van der Waals surface area (Å²) in [6.45, 7) is 7.69. The molecule has 0 bridgehead atoms. The van der Waals surface area contributed by atoms with Crippen molar-refractivity contribution in [1.82, 2.24) is 4.90 Å². The third-order valence-electron chi connectivity index (χ3n) is 3.69. The van der Waals surface area contributed by atoms with Gasteiger partial charge in [-0.25, -0.2) is 0 Å². The lowest BCUT2D eigenvalue weighted by atomic mass is 9.88. The molecule has 0 radical (unpaired) electrons. The maximum Gasteiger partial charge on any atom is 0.319 e. The normalized spacial score (nSPS) is 19.7. The number of rotatable bonds is 6. The van der Waals surface area contributed by atoms with Crippen molar-refractivity contribution in [2.45, 2.75) is 40.5 Å². The Bertz CT molecular complexity index is 376. The molecule has 1 unspecified atom stereocenters. The summed E-state index contributed by atoms with van der Waals surface area (Å²) in [5, 5.41) is 0. The smallest absolute Gasteiger partial charge is 0.319 e. The second-order valence-electron chi connectivity index (χ2n) is 5.52. The zero-order valence-electron chi connectivity index (χ0n) is 12.2. The first kappa shape index (κ1) is 15.7. The van der Waals surface area contributed by atoms with Crippen LogP contribution in [0.1, 0.15) is 40.5 Å². The second kappa shape index (κ2) is 6.17. The minimum absolute atomic E-state index is 0.000131. The molecule has 1 saturated heterocycles. The van der Waals surface area contributed by atoms with E-state index in [4.69, 9.17) is 4.74 Å². The summed E-state index contributed by atoms with van der Waals surface area (Å²) in [4.78, 5) is 37.2. The Kier molecular flexibility index (Phi) is 5.09. The molecule has 1 aliphatic heterocycles. The summed E-state index contributed by atoms with van der Waals surface area (Å²) in [6.07, 6.45) is 1.43. The number of ether oxygens (including phenoxy) is 1. The number of Topliss-reactive ketones (excluding diaryl/α,β-unsaturated/α-hetero) is 1. The molecule has 1 aliphatic rings. The third kappa shape index (κ3) is 3.55. The van der Waals surface area contributed by atoms with Crippen molar-refractivity contribution < 1.29 is 19.1 Å². The van der Waals surface area contributed by atoms with Gasteiger partial charge in [-0.05, 0) is 26.7 Å². The van der Waals surface area contributed by atoms with Crippen molar-refractivity contribution in [3.05, 3.63) is 0 Å². The molecular weight excluding hydrogens is 246 g/mol. The molecule has 0 aromatic rings. The number of amides is 1. The third-order valence-corrected chi connectivity index (χ3v) is 3.69. The molecule has 1 atom stereocenters. The fraction of sp³-hybridized carbons (Fsp3) is 0.786. The van der Waals surface area contributed by atoms with Crippen LogP contribution in [-0.4, -0.2) is 42.3 Å². The number of likely N-dealkylation sites (tertiary alicyclic amines) is 1. The quantitative estimate of drug-likeness (QED) is 0.540. The molecule has 1 fully saturated rings. The lowest BCUT2D eigenvalue weighted by Crippen LogP contribution is -2.42. The molecule has 1 amide bonds. The van der Waals surface area contributed by atoms with Crippen molar-refractivity contribution in [1.29, 1.82) is 0 Å². The van der Waals surface area contributed by atoms with E-state index in [1.165, 1.54) is 0 Å². The summed E-state index contributed by atoms with van der Waals surface area (Å²) in [5.74, 6) is -0.472. The van der Waals surface area contributed by atoms with Gasteiger partial charge in [0, 0.05) is 13.0 Å². The highest BCUT2D eigenvalue weighted by Gasteiger charge is 2.40. The van der Waals surface area contributed by atoms with Crippen molar-refractivity contribution in [2.24, 2.45) is 11.3 Å². The minimum Gasteiger partial charge on any atom is -0.465 e. The molecule has 0 aliphatic carbocycles. The lowest BCUT2D eigenvalue weighted by molar-refractivity contribution is -0.158. The number of nitrogens with zero attached hydrogens (tertiary/aromatic N) is 1. The van der Waals surface area contributed by atoms with E-state index in [1.807, 2.05) is 6.92 Å². The number of esters is 1. The van der Waals surface area contributed by atoms with E-state index >= 15 is 0 Å². The standard InChI is InChI=1S/C14H23NO4/c1-5-10-7-12(17)15(8-10)9-11(16)14(3,4)13(18)19-6-2/h10H,5-9H2,1-4H3. The Morgan fingerprint density at radius 1 is 1.37 bits per heavy atom. The van der Waals surface area contributed by atoms with Crippen molar-refractivity contribution in [3.63, 3.8) is 0 Å². The van der Waals surface area contributed by atoms with Crippen molar-refractivity contribution in [2.75, 3.05) is 19.7 Å². The molecule has 0 N–H and O–H groups in total. The maximum absolute atomic E-state index is 12.2. The first-order chi connectivity index (χ1) is 8.82. The highest BCUT2D eigenvalue weighted by Crippen LogP contribution is 2.24. The highest BCUT2D eigenvalue weighted by molar-refractivity contribution is 6.04. The van der Waals surface area contributed by atoms with Crippen LogP contribution < -0.4 is 0 Å². The zero-order valence-corrected chi connectivity index (χ0v) is 12.2. The van der Waals surface area contributed by atoms with Gasteiger partial charge in [-0.15, -0.1) is 0 Å². The molecule has 1 heterocycles. The maximum atomic E-state index is 12.2. The first-order valence-electron chi connectivity index (χ1n) is 6.81. The lowest BCUT2D eigenvalue weighted by Gasteiger charge is -2.24. The van der Waals surface area contributed by atoms with E-state index in [0.29, 0.717) is 18.9 Å². The Morgan fingerprint density at radius 2 is 2.00 bits per heavy atom. The van der Waals surface area contributed by atoms with Gasteiger partial charge < -0.3 is 9.64 Å². The van der Waals surface area contributed by atoms with Gasteiger partial charge >= 0.3 is 5.97 Å². The predicted molar refractivity (Wildman–Crippen MR) is 70.4 cm³/mol. The van der Waals surface area contributed by atoms with Gasteiger partial charge in [0.25, 0.3) is 0 Å². The fourth-order valence-corrected chi connectivity index (χ4v) is 2.08. The van der Waals surface area contributed by atoms with Crippen LogP contribution in [0.15, 0.2) is 0 Å². The Balaban J connectivity index is 2.64. The molecular formula is C14H23NO4. The van der Waals surface area contributed by atoms with E-state index in [-0.39, 0.29) is 24.8 Å². The van der Waals surface area contributed by atoms with Gasteiger partial charge in [0.1, 0.15) is 5.41 Å². The topological polar surface area (TPSA) is 63.7 Å². The number of carbonyl (C=O) groups is 3. The van der Waals surface area contributed by atoms with E-state index in [9.17, 15) is 14.4 Å². The zero-order chi connectivity index (χ0) is 14.6. The SMILES string of the molecule is CCOC(=O)C(C)(C)C(=O)CN1CC(CC)CC1=O. The van der Waals surface area contributed by atoms with Gasteiger partial charge in [0.05, 0.1) is 13.2 Å². The Morgan fingerprint density at radius 3 is 2.47 bits per heavy atom. The van der Waals surface area contributed by atoms with E-state index in [2.05, 4.69) is 0 Å². The molecule has 0 aromatic carbocycles. The van der Waals surface area contributed by atoms with Crippen LogP contribution in [0.5, 0.6) is 0 Å². The average Bonchev–Trinajstić information content (AvgIpc) is 2.70. The summed E-state index contributed by atoms with van der Waals surface area (Å²) in [7, 11) is 0. The van der Waals surface area contributed by atoms with Gasteiger partial charge in [-0.2, -0.15) is 0 Å². The van der Waals surface area contributed by atoms with Gasteiger partial charge in [0.15, 0.2) is 5.78 Å². The van der Waals surface area contributed by atoms with Crippen LogP contribution in [0.4, 0.5) is 0 Å². The second-order valence-corrected chi connectivity index (χ2v) is 5.52. The molecule has 5 nitrogen and oxygen atoms in total. The predicted octanol–water partition coefficient (Wildman–Crippen LogP) is 1.40. The van der Waals surface area contributed by atoms with Crippen LogP contribution in [-0.2, 0) is 19.1 Å². The largest absolute Gasteiger partial charge is 0.465 e. The van der Waals surface area contributed by atoms with Crippen LogP contribution in [0.3, 0.4) is 0 Å². The molecule has 0 saturated carbocycles. The molecule has 0 aromatic heterocycles. The highest BCUT2D eigenvalue weighted by atomic mass is 16.5. The molecule has 19 heavy (non-hydrogen) atoms. The summed E-state index contributed by atoms with van der Waals surface area (Å²) in [5.41, 5.74) is -1.19. The molecule has 5 heteroatoms. The van der Waals surface area contributed by atoms with Crippen LogP contribution >= 0.6 is 0 Å². The van der Waals surface area contributed by atoms with Crippen LogP contribution in [0.2, 0.25) is 0 Å². The fourth-order valence-electron chi connectivity index (χ4n) is 2.08. The van der Waals surface area contributed by atoms with Gasteiger partial charge in [0.2, 0.25) is 5.91 Å². The summed E-state index contributed by atoms with van der Waals surface area (Å²) < 4.78 is 4.90. The Hall–Kier alpha value is -1.39. The Labute approximate surface area is 114 Å². The van der Waals surface area contributed by atoms with Crippen molar-refractivity contribution in [3.8, 4) is 0 Å². The molecule has 0 spiro atoms.